The summed E-state index contributed by atoms with van der Waals surface area (Å²) in [5.41, 5.74) is 5.59. The highest BCUT2D eigenvalue weighted by Crippen LogP contribution is 2.11. The lowest BCUT2D eigenvalue weighted by molar-refractivity contribution is -0.123. The Kier molecular flexibility index (Phi) is 5.29. The number of benzene rings is 1. The smallest absolute Gasteiger partial charge is 0.254 e. The Balaban J connectivity index is 2.41. The Labute approximate surface area is 111 Å². The first-order valence-electron chi connectivity index (χ1n) is 6.02. The molecular formula is C13H18FN3O2. The lowest BCUT2D eigenvalue weighted by atomic mass is 10.2. The van der Waals surface area contributed by atoms with Gasteiger partial charge in [-0.05, 0) is 18.2 Å². The normalized spacial score (nSPS) is 10.3. The van der Waals surface area contributed by atoms with E-state index in [0.717, 1.165) is 6.07 Å². The lowest BCUT2D eigenvalue weighted by Crippen LogP contribution is -2.36. The average Bonchev–Trinajstić information content (AvgIpc) is 2.33. The van der Waals surface area contributed by atoms with Crippen LogP contribution in [0.5, 0.6) is 0 Å². The van der Waals surface area contributed by atoms with Gasteiger partial charge in [-0.15, -0.1) is 0 Å². The van der Waals surface area contributed by atoms with Gasteiger partial charge in [-0.3, -0.25) is 9.59 Å². The molecule has 1 aromatic carbocycles. The minimum Gasteiger partial charge on any atom is -0.399 e. The second-order valence-electron chi connectivity index (χ2n) is 4.44. The minimum absolute atomic E-state index is 0.0654. The van der Waals surface area contributed by atoms with E-state index in [1.54, 1.807) is 13.8 Å². The number of carbonyl (C=O) groups is 2. The van der Waals surface area contributed by atoms with Gasteiger partial charge in [0.1, 0.15) is 5.82 Å². The van der Waals surface area contributed by atoms with Crippen molar-refractivity contribution in [3.05, 3.63) is 29.6 Å². The van der Waals surface area contributed by atoms with Crippen LogP contribution in [0, 0.1) is 11.7 Å². The van der Waals surface area contributed by atoms with Crippen LogP contribution in [-0.4, -0.2) is 24.9 Å². The summed E-state index contributed by atoms with van der Waals surface area (Å²) in [7, 11) is 0. The van der Waals surface area contributed by atoms with Crippen molar-refractivity contribution in [2.45, 2.75) is 13.8 Å². The largest absolute Gasteiger partial charge is 0.399 e. The summed E-state index contributed by atoms with van der Waals surface area (Å²) in [6.07, 6.45) is 0. The monoisotopic (exact) mass is 267 g/mol. The van der Waals surface area contributed by atoms with Crippen molar-refractivity contribution < 1.29 is 14.0 Å². The van der Waals surface area contributed by atoms with Crippen molar-refractivity contribution in [1.82, 2.24) is 10.6 Å². The molecule has 0 aromatic heterocycles. The highest BCUT2D eigenvalue weighted by molar-refractivity contribution is 5.94. The third kappa shape index (κ3) is 4.57. The maximum Gasteiger partial charge on any atom is 0.254 e. The first kappa shape index (κ1) is 14.9. The lowest BCUT2D eigenvalue weighted by Gasteiger charge is -2.09. The van der Waals surface area contributed by atoms with Crippen molar-refractivity contribution in [3.63, 3.8) is 0 Å². The van der Waals surface area contributed by atoms with E-state index >= 15 is 0 Å². The molecule has 1 rings (SSSR count). The quantitative estimate of drug-likeness (QED) is 0.547. The van der Waals surface area contributed by atoms with E-state index in [9.17, 15) is 14.0 Å². The molecule has 6 heteroatoms. The van der Waals surface area contributed by atoms with Crippen LogP contribution in [0.25, 0.3) is 0 Å². The molecule has 2 amide bonds. The molecule has 4 N–H and O–H groups in total. The fourth-order valence-electron chi connectivity index (χ4n) is 1.38. The van der Waals surface area contributed by atoms with Crippen molar-refractivity contribution in [2.75, 3.05) is 18.8 Å². The van der Waals surface area contributed by atoms with Crippen LogP contribution in [-0.2, 0) is 4.79 Å². The minimum atomic E-state index is -0.663. The number of halogens is 1. The SMILES string of the molecule is CC(C)C(=O)NCCNC(=O)c1ccc(N)cc1F. The predicted molar refractivity (Wildman–Crippen MR) is 71.0 cm³/mol. The number of hydrogen-bond acceptors (Lipinski definition) is 3. The number of rotatable bonds is 5. The second kappa shape index (κ2) is 6.72. The van der Waals surface area contributed by atoms with E-state index in [-0.39, 0.29) is 29.6 Å². The first-order valence-corrected chi connectivity index (χ1v) is 6.02. The Morgan fingerprint density at radius 2 is 1.89 bits per heavy atom. The predicted octanol–water partition coefficient (Wildman–Crippen LogP) is 0.910. The van der Waals surface area contributed by atoms with E-state index in [2.05, 4.69) is 10.6 Å². The third-order valence-corrected chi connectivity index (χ3v) is 2.47. The van der Waals surface area contributed by atoms with E-state index in [0.29, 0.717) is 6.54 Å². The van der Waals surface area contributed by atoms with Gasteiger partial charge < -0.3 is 16.4 Å². The van der Waals surface area contributed by atoms with Crippen molar-refractivity contribution in [1.29, 1.82) is 0 Å². The van der Waals surface area contributed by atoms with Gasteiger partial charge in [0.15, 0.2) is 0 Å². The summed E-state index contributed by atoms with van der Waals surface area (Å²) in [5, 5.41) is 5.16. The number of nitrogens with one attached hydrogen (secondary N) is 2. The van der Waals surface area contributed by atoms with Gasteiger partial charge >= 0.3 is 0 Å². The van der Waals surface area contributed by atoms with Gasteiger partial charge in [0.25, 0.3) is 5.91 Å². The van der Waals surface area contributed by atoms with E-state index < -0.39 is 11.7 Å². The zero-order valence-corrected chi connectivity index (χ0v) is 11.0. The maximum atomic E-state index is 13.4. The molecule has 0 radical (unpaired) electrons. The molecule has 0 aliphatic carbocycles. The van der Waals surface area contributed by atoms with E-state index in [1.807, 2.05) is 0 Å². The third-order valence-electron chi connectivity index (χ3n) is 2.47. The van der Waals surface area contributed by atoms with Crippen molar-refractivity contribution >= 4 is 17.5 Å². The fraction of sp³-hybridized carbons (Fsp3) is 0.385. The molecule has 0 saturated heterocycles. The number of nitrogens with two attached hydrogens (primary N) is 1. The molecule has 0 heterocycles. The summed E-state index contributed by atoms with van der Waals surface area (Å²) in [5.74, 6) is -1.39. The van der Waals surface area contributed by atoms with Crippen LogP contribution in [0.4, 0.5) is 10.1 Å². The Bertz CT molecular complexity index is 475. The number of carbonyl (C=O) groups excluding carboxylic acids is 2. The van der Waals surface area contributed by atoms with Crippen molar-refractivity contribution in [2.24, 2.45) is 5.92 Å². The van der Waals surface area contributed by atoms with Crippen LogP contribution < -0.4 is 16.4 Å². The van der Waals surface area contributed by atoms with Crippen molar-refractivity contribution in [3.8, 4) is 0 Å². The molecule has 0 bridgehead atoms. The summed E-state index contributed by atoms with van der Waals surface area (Å²) >= 11 is 0. The number of nitrogen functional groups attached to an aromatic ring is 1. The summed E-state index contributed by atoms with van der Waals surface area (Å²) in [6.45, 7) is 4.09. The molecule has 0 spiro atoms. The van der Waals surface area contributed by atoms with E-state index in [4.69, 9.17) is 5.73 Å². The molecule has 1 aromatic rings. The molecule has 0 atom stereocenters. The topological polar surface area (TPSA) is 84.2 Å². The van der Waals surface area contributed by atoms with Gasteiger partial charge in [-0.1, -0.05) is 13.8 Å². The molecule has 0 unspecified atom stereocenters. The molecule has 19 heavy (non-hydrogen) atoms. The van der Waals surface area contributed by atoms with Crippen LogP contribution >= 0.6 is 0 Å². The molecule has 0 aliphatic rings. The number of anilines is 1. The van der Waals surface area contributed by atoms with Crippen LogP contribution in [0.3, 0.4) is 0 Å². The Hall–Kier alpha value is -2.11. The van der Waals surface area contributed by atoms with Gasteiger partial charge in [0.05, 0.1) is 5.56 Å². The van der Waals surface area contributed by atoms with Crippen LogP contribution in [0.2, 0.25) is 0 Å². The van der Waals surface area contributed by atoms with Gasteiger partial charge in [0.2, 0.25) is 5.91 Å². The molecule has 5 nitrogen and oxygen atoms in total. The maximum absolute atomic E-state index is 13.4. The molecule has 0 fully saturated rings. The zero-order chi connectivity index (χ0) is 14.4. The van der Waals surface area contributed by atoms with E-state index in [1.165, 1.54) is 12.1 Å². The fourth-order valence-corrected chi connectivity index (χ4v) is 1.38. The molecule has 0 saturated carbocycles. The van der Waals surface area contributed by atoms with Gasteiger partial charge in [0, 0.05) is 24.7 Å². The number of amides is 2. The first-order chi connectivity index (χ1) is 8.91. The van der Waals surface area contributed by atoms with Gasteiger partial charge in [-0.25, -0.2) is 4.39 Å². The molecule has 104 valence electrons. The van der Waals surface area contributed by atoms with Crippen LogP contribution in [0.15, 0.2) is 18.2 Å². The number of hydrogen-bond donors (Lipinski definition) is 3. The summed E-state index contributed by atoms with van der Waals surface area (Å²) in [4.78, 5) is 22.9. The zero-order valence-electron chi connectivity index (χ0n) is 11.0. The molecule has 0 aliphatic heterocycles. The highest BCUT2D eigenvalue weighted by atomic mass is 19.1. The summed E-state index contributed by atoms with van der Waals surface area (Å²) < 4.78 is 13.4. The highest BCUT2D eigenvalue weighted by Gasteiger charge is 2.11. The summed E-state index contributed by atoms with van der Waals surface area (Å²) in [6, 6.07) is 3.88. The standard InChI is InChI=1S/C13H18FN3O2/c1-8(2)12(18)16-5-6-17-13(19)10-4-3-9(15)7-11(10)14/h3-4,7-8H,5-6,15H2,1-2H3,(H,16,18)(H,17,19). The van der Waals surface area contributed by atoms with Crippen LogP contribution in [0.1, 0.15) is 24.2 Å². The Morgan fingerprint density at radius 3 is 2.47 bits per heavy atom. The van der Waals surface area contributed by atoms with Gasteiger partial charge in [-0.2, -0.15) is 0 Å². The second-order valence-corrected chi connectivity index (χ2v) is 4.44. The Morgan fingerprint density at radius 1 is 1.26 bits per heavy atom. The molecular weight excluding hydrogens is 249 g/mol. The average molecular weight is 267 g/mol.